The van der Waals surface area contributed by atoms with E-state index in [1.54, 1.807) is 0 Å². The molecule has 17 heavy (non-hydrogen) atoms. The van der Waals surface area contributed by atoms with E-state index in [0.29, 0.717) is 12.0 Å². The van der Waals surface area contributed by atoms with Crippen molar-refractivity contribution in [1.82, 2.24) is 5.32 Å². The van der Waals surface area contributed by atoms with Crippen molar-refractivity contribution in [3.63, 3.8) is 0 Å². The number of rotatable bonds is 2. The van der Waals surface area contributed by atoms with Gasteiger partial charge in [0.25, 0.3) is 0 Å². The zero-order valence-corrected chi connectivity index (χ0v) is 11.4. The second-order valence-electron chi connectivity index (χ2n) is 6.30. The molecule has 0 heterocycles. The van der Waals surface area contributed by atoms with Gasteiger partial charge in [-0.15, -0.1) is 0 Å². The van der Waals surface area contributed by atoms with Gasteiger partial charge in [0.2, 0.25) is 0 Å². The van der Waals surface area contributed by atoms with Crippen molar-refractivity contribution in [3.8, 4) is 0 Å². The standard InChI is InChI=1S/C16H25N/c1-16(2,3)17-15-12-8-7-11-14(15)13-9-5-4-6-10-13/h4-6,9-10,14-15,17H,7-8,11-12H2,1-3H3/t14?,15-/m1/s1. The van der Waals surface area contributed by atoms with Gasteiger partial charge in [-0.2, -0.15) is 0 Å². The number of hydrogen-bond donors (Lipinski definition) is 1. The first-order valence-corrected chi connectivity index (χ1v) is 6.89. The summed E-state index contributed by atoms with van der Waals surface area (Å²) in [6.45, 7) is 6.80. The van der Waals surface area contributed by atoms with Gasteiger partial charge in [0, 0.05) is 11.6 Å². The van der Waals surface area contributed by atoms with Gasteiger partial charge in [-0.1, -0.05) is 43.2 Å². The molecule has 1 unspecified atom stereocenters. The summed E-state index contributed by atoms with van der Waals surface area (Å²) in [4.78, 5) is 0. The Morgan fingerprint density at radius 3 is 2.29 bits per heavy atom. The predicted molar refractivity (Wildman–Crippen MR) is 74.3 cm³/mol. The predicted octanol–water partition coefficient (Wildman–Crippen LogP) is 4.10. The Bertz CT molecular complexity index is 336. The molecule has 1 N–H and O–H groups in total. The van der Waals surface area contributed by atoms with Gasteiger partial charge in [-0.05, 0) is 45.1 Å². The molecule has 0 saturated heterocycles. The molecule has 2 atom stereocenters. The summed E-state index contributed by atoms with van der Waals surface area (Å²) in [5.74, 6) is 0.698. The molecule has 1 nitrogen and oxygen atoms in total. The second-order valence-corrected chi connectivity index (χ2v) is 6.30. The first kappa shape index (κ1) is 12.6. The summed E-state index contributed by atoms with van der Waals surface area (Å²) in [6.07, 6.45) is 5.40. The van der Waals surface area contributed by atoms with E-state index in [-0.39, 0.29) is 5.54 Å². The molecule has 0 radical (unpaired) electrons. The highest BCUT2D eigenvalue weighted by Gasteiger charge is 2.28. The lowest BCUT2D eigenvalue weighted by Crippen LogP contribution is -2.47. The Morgan fingerprint density at radius 2 is 1.65 bits per heavy atom. The maximum atomic E-state index is 3.81. The molecule has 1 saturated carbocycles. The quantitative estimate of drug-likeness (QED) is 0.808. The third-order valence-electron chi connectivity index (χ3n) is 3.61. The molecule has 0 aromatic heterocycles. The molecule has 1 aliphatic carbocycles. The normalized spacial score (nSPS) is 25.8. The molecule has 0 spiro atoms. The Hall–Kier alpha value is -0.820. The van der Waals surface area contributed by atoms with Crippen molar-refractivity contribution in [2.24, 2.45) is 0 Å². The van der Waals surface area contributed by atoms with Crippen molar-refractivity contribution >= 4 is 0 Å². The van der Waals surface area contributed by atoms with Gasteiger partial charge in [-0.25, -0.2) is 0 Å². The van der Waals surface area contributed by atoms with Crippen LogP contribution in [0.2, 0.25) is 0 Å². The van der Waals surface area contributed by atoms with Crippen LogP contribution in [0.25, 0.3) is 0 Å². The SMILES string of the molecule is CC(C)(C)N[C@@H]1CCCCC1c1ccccc1. The van der Waals surface area contributed by atoms with Crippen LogP contribution in [-0.2, 0) is 0 Å². The number of hydrogen-bond acceptors (Lipinski definition) is 1. The molecule has 94 valence electrons. The Labute approximate surface area is 106 Å². The zero-order valence-electron chi connectivity index (χ0n) is 11.4. The monoisotopic (exact) mass is 231 g/mol. The van der Waals surface area contributed by atoms with Crippen LogP contribution in [0.15, 0.2) is 30.3 Å². The highest BCUT2D eigenvalue weighted by atomic mass is 15.0. The van der Waals surface area contributed by atoms with E-state index in [9.17, 15) is 0 Å². The first-order chi connectivity index (χ1) is 8.06. The number of nitrogens with one attached hydrogen (secondary N) is 1. The highest BCUT2D eigenvalue weighted by molar-refractivity contribution is 5.22. The van der Waals surface area contributed by atoms with Gasteiger partial charge >= 0.3 is 0 Å². The lowest BCUT2D eigenvalue weighted by Gasteiger charge is -2.37. The smallest absolute Gasteiger partial charge is 0.0141 e. The third-order valence-corrected chi connectivity index (χ3v) is 3.61. The van der Waals surface area contributed by atoms with Crippen molar-refractivity contribution in [2.45, 2.75) is 64.0 Å². The fraction of sp³-hybridized carbons (Fsp3) is 0.625. The summed E-state index contributed by atoms with van der Waals surface area (Å²) in [5.41, 5.74) is 1.73. The average Bonchev–Trinajstić information content (AvgIpc) is 2.29. The Balaban J connectivity index is 2.13. The molecule has 2 rings (SSSR count). The van der Waals surface area contributed by atoms with E-state index in [1.165, 1.54) is 31.2 Å². The molecule has 0 amide bonds. The van der Waals surface area contributed by atoms with E-state index in [1.807, 2.05) is 0 Å². The molecule has 1 aromatic carbocycles. The molecule has 1 fully saturated rings. The minimum absolute atomic E-state index is 0.217. The van der Waals surface area contributed by atoms with Crippen LogP contribution in [0.3, 0.4) is 0 Å². The van der Waals surface area contributed by atoms with Crippen LogP contribution in [0.1, 0.15) is 57.9 Å². The lowest BCUT2D eigenvalue weighted by molar-refractivity contribution is 0.265. The van der Waals surface area contributed by atoms with Crippen LogP contribution < -0.4 is 5.32 Å². The van der Waals surface area contributed by atoms with E-state index < -0.39 is 0 Å². The largest absolute Gasteiger partial charge is 0.309 e. The first-order valence-electron chi connectivity index (χ1n) is 6.89. The van der Waals surface area contributed by atoms with Gasteiger partial charge < -0.3 is 5.32 Å². The van der Waals surface area contributed by atoms with Crippen molar-refractivity contribution in [2.75, 3.05) is 0 Å². The van der Waals surface area contributed by atoms with Crippen LogP contribution in [0.4, 0.5) is 0 Å². The van der Waals surface area contributed by atoms with Crippen molar-refractivity contribution in [1.29, 1.82) is 0 Å². The summed E-state index contributed by atoms with van der Waals surface area (Å²) >= 11 is 0. The number of benzene rings is 1. The maximum Gasteiger partial charge on any atom is 0.0141 e. The molecular weight excluding hydrogens is 206 g/mol. The van der Waals surface area contributed by atoms with Crippen molar-refractivity contribution in [3.05, 3.63) is 35.9 Å². The van der Waals surface area contributed by atoms with Crippen LogP contribution >= 0.6 is 0 Å². The molecule has 0 aliphatic heterocycles. The van der Waals surface area contributed by atoms with Crippen molar-refractivity contribution < 1.29 is 0 Å². The fourth-order valence-electron chi connectivity index (χ4n) is 2.96. The fourth-order valence-corrected chi connectivity index (χ4v) is 2.96. The average molecular weight is 231 g/mol. The van der Waals surface area contributed by atoms with Gasteiger partial charge in [0.05, 0.1) is 0 Å². The minimum atomic E-state index is 0.217. The summed E-state index contributed by atoms with van der Waals surface area (Å²) in [7, 11) is 0. The van der Waals surface area contributed by atoms with Crippen LogP contribution in [0, 0.1) is 0 Å². The molecule has 1 aliphatic rings. The Kier molecular flexibility index (Phi) is 3.88. The molecule has 1 aromatic rings. The van der Waals surface area contributed by atoms with E-state index in [0.717, 1.165) is 0 Å². The van der Waals surface area contributed by atoms with Gasteiger partial charge in [-0.3, -0.25) is 0 Å². The topological polar surface area (TPSA) is 12.0 Å². The lowest BCUT2D eigenvalue weighted by atomic mass is 9.79. The molecule has 0 bridgehead atoms. The highest BCUT2D eigenvalue weighted by Crippen LogP contribution is 2.33. The van der Waals surface area contributed by atoms with E-state index in [4.69, 9.17) is 0 Å². The summed E-state index contributed by atoms with van der Waals surface area (Å²) in [5, 5.41) is 3.81. The minimum Gasteiger partial charge on any atom is -0.309 e. The Morgan fingerprint density at radius 1 is 1.00 bits per heavy atom. The summed E-state index contributed by atoms with van der Waals surface area (Å²) in [6, 6.07) is 11.7. The maximum absolute atomic E-state index is 3.81. The van der Waals surface area contributed by atoms with E-state index >= 15 is 0 Å². The van der Waals surface area contributed by atoms with Crippen LogP contribution in [-0.4, -0.2) is 11.6 Å². The van der Waals surface area contributed by atoms with Gasteiger partial charge in [0.15, 0.2) is 0 Å². The molecular formula is C16H25N. The summed E-state index contributed by atoms with van der Waals surface area (Å²) < 4.78 is 0. The third kappa shape index (κ3) is 3.57. The second kappa shape index (κ2) is 5.22. The molecule has 1 heteroatoms. The van der Waals surface area contributed by atoms with Gasteiger partial charge in [0.1, 0.15) is 0 Å². The zero-order chi connectivity index (χ0) is 12.3. The van der Waals surface area contributed by atoms with E-state index in [2.05, 4.69) is 56.4 Å². The van der Waals surface area contributed by atoms with Crippen LogP contribution in [0.5, 0.6) is 0 Å².